The average Bonchev–Trinajstić information content (AvgIpc) is 2.46. The van der Waals surface area contributed by atoms with Crippen molar-refractivity contribution >= 4 is 34.2 Å². The number of nitrogens with zero attached hydrogens (tertiary/aromatic N) is 2. The third kappa shape index (κ3) is 3.26. The summed E-state index contributed by atoms with van der Waals surface area (Å²) in [6, 6.07) is 4.69. The number of non-ortho nitro benzene ring substituents is 1. The van der Waals surface area contributed by atoms with Crippen LogP contribution in [0.2, 0.25) is 0 Å². The zero-order valence-corrected chi connectivity index (χ0v) is 13.3. The summed E-state index contributed by atoms with van der Waals surface area (Å²) in [6.07, 6.45) is 2.04. The number of nitro groups is 1. The van der Waals surface area contributed by atoms with Crippen LogP contribution in [0.25, 0.3) is 0 Å². The number of carbonyl (C=O) groups excluding carboxylic acids is 1. The molecule has 1 aliphatic rings. The minimum atomic E-state index is -0.450. The Morgan fingerprint density at radius 2 is 2.30 bits per heavy atom. The number of carbonyl (C=O) groups is 1. The highest BCUT2D eigenvalue weighted by Crippen LogP contribution is 2.22. The second-order valence-electron chi connectivity index (χ2n) is 4.80. The topological polar surface area (TPSA) is 75.5 Å². The van der Waals surface area contributed by atoms with Crippen LogP contribution in [-0.4, -0.2) is 41.9 Å². The minimum Gasteiger partial charge on any atom is -0.337 e. The molecule has 2 rings (SSSR count). The standard InChI is InChI=1S/C13H16IN3O3/c1-15-9-3-2-6-16(8-9)13(18)11-5-4-10(17(19)20)7-12(11)14/h4-5,7,9,15H,2-3,6,8H2,1H3. The van der Waals surface area contributed by atoms with Gasteiger partial charge in [-0.1, -0.05) is 0 Å². The molecule has 7 heteroatoms. The molecule has 1 aliphatic heterocycles. The van der Waals surface area contributed by atoms with E-state index in [4.69, 9.17) is 0 Å². The van der Waals surface area contributed by atoms with Crippen molar-refractivity contribution in [3.63, 3.8) is 0 Å². The highest BCUT2D eigenvalue weighted by Gasteiger charge is 2.25. The number of halogens is 1. The summed E-state index contributed by atoms with van der Waals surface area (Å²) >= 11 is 1.98. The molecule has 0 spiro atoms. The lowest BCUT2D eigenvalue weighted by atomic mass is 10.0. The van der Waals surface area contributed by atoms with Crippen molar-refractivity contribution in [2.24, 2.45) is 0 Å². The number of hydrogen-bond acceptors (Lipinski definition) is 4. The van der Waals surface area contributed by atoms with E-state index in [0.29, 0.717) is 21.7 Å². The van der Waals surface area contributed by atoms with Gasteiger partial charge in [-0.2, -0.15) is 0 Å². The molecule has 1 amide bonds. The molecule has 1 unspecified atom stereocenters. The Labute approximate surface area is 130 Å². The van der Waals surface area contributed by atoms with Crippen molar-refractivity contribution in [2.75, 3.05) is 20.1 Å². The van der Waals surface area contributed by atoms with E-state index in [2.05, 4.69) is 5.32 Å². The maximum atomic E-state index is 12.5. The molecule has 0 aromatic heterocycles. The molecule has 1 heterocycles. The van der Waals surface area contributed by atoms with E-state index in [-0.39, 0.29) is 11.6 Å². The summed E-state index contributed by atoms with van der Waals surface area (Å²) in [5.74, 6) is -0.0516. The Morgan fingerprint density at radius 1 is 1.55 bits per heavy atom. The number of hydrogen-bond donors (Lipinski definition) is 1. The van der Waals surface area contributed by atoms with Crippen molar-refractivity contribution in [2.45, 2.75) is 18.9 Å². The molecule has 0 saturated carbocycles. The molecule has 1 N–H and O–H groups in total. The number of amides is 1. The summed E-state index contributed by atoms with van der Waals surface area (Å²) in [6.45, 7) is 1.42. The van der Waals surface area contributed by atoms with E-state index in [1.54, 1.807) is 6.07 Å². The van der Waals surface area contributed by atoms with Gasteiger partial charge < -0.3 is 10.2 Å². The van der Waals surface area contributed by atoms with Crippen molar-refractivity contribution < 1.29 is 9.72 Å². The van der Waals surface area contributed by atoms with E-state index in [1.165, 1.54) is 12.1 Å². The van der Waals surface area contributed by atoms with Crippen LogP contribution in [0.1, 0.15) is 23.2 Å². The third-order valence-electron chi connectivity index (χ3n) is 3.51. The first-order valence-electron chi connectivity index (χ1n) is 6.43. The Morgan fingerprint density at radius 3 is 2.90 bits per heavy atom. The molecule has 1 aromatic carbocycles. The first-order valence-corrected chi connectivity index (χ1v) is 7.51. The molecule has 20 heavy (non-hydrogen) atoms. The smallest absolute Gasteiger partial charge is 0.270 e. The molecular weight excluding hydrogens is 373 g/mol. The fourth-order valence-electron chi connectivity index (χ4n) is 2.36. The van der Waals surface area contributed by atoms with Crippen molar-refractivity contribution in [1.82, 2.24) is 10.2 Å². The quantitative estimate of drug-likeness (QED) is 0.488. The van der Waals surface area contributed by atoms with E-state index in [0.717, 1.165) is 19.4 Å². The first kappa shape index (κ1) is 15.2. The van der Waals surface area contributed by atoms with Crippen LogP contribution in [-0.2, 0) is 0 Å². The number of likely N-dealkylation sites (tertiary alicyclic amines) is 1. The summed E-state index contributed by atoms with van der Waals surface area (Å²) in [5.41, 5.74) is 0.547. The van der Waals surface area contributed by atoms with Crippen LogP contribution in [0.3, 0.4) is 0 Å². The normalized spacial score (nSPS) is 18.9. The van der Waals surface area contributed by atoms with E-state index < -0.39 is 4.92 Å². The zero-order chi connectivity index (χ0) is 14.7. The maximum absolute atomic E-state index is 12.5. The fraction of sp³-hybridized carbons (Fsp3) is 0.462. The number of benzene rings is 1. The van der Waals surface area contributed by atoms with E-state index in [1.807, 2.05) is 34.5 Å². The van der Waals surface area contributed by atoms with Crippen molar-refractivity contribution in [3.8, 4) is 0 Å². The molecule has 1 saturated heterocycles. The molecule has 1 fully saturated rings. The number of rotatable bonds is 3. The molecular formula is C13H16IN3O3. The van der Waals surface area contributed by atoms with Gasteiger partial charge in [-0.05, 0) is 48.5 Å². The Balaban J connectivity index is 2.18. The lowest BCUT2D eigenvalue weighted by Crippen LogP contribution is -2.47. The molecule has 1 atom stereocenters. The fourth-order valence-corrected chi connectivity index (χ4v) is 3.09. The van der Waals surface area contributed by atoms with Crippen LogP contribution in [0.4, 0.5) is 5.69 Å². The lowest BCUT2D eigenvalue weighted by molar-refractivity contribution is -0.384. The van der Waals surface area contributed by atoms with Gasteiger partial charge in [-0.25, -0.2) is 0 Å². The predicted molar refractivity (Wildman–Crippen MR) is 83.8 cm³/mol. The SMILES string of the molecule is CNC1CCCN(C(=O)c2ccc([N+](=O)[O-])cc2I)C1. The minimum absolute atomic E-state index is 0.0118. The predicted octanol–water partition coefficient (Wildman–Crippen LogP) is 2.02. The summed E-state index contributed by atoms with van der Waals surface area (Å²) in [7, 11) is 1.90. The third-order valence-corrected chi connectivity index (χ3v) is 4.40. The Kier molecular flexibility index (Phi) is 4.92. The zero-order valence-electron chi connectivity index (χ0n) is 11.1. The summed E-state index contributed by atoms with van der Waals surface area (Å²) in [4.78, 5) is 24.6. The van der Waals surface area contributed by atoms with Gasteiger partial charge in [0.05, 0.1) is 10.5 Å². The van der Waals surface area contributed by atoms with Gasteiger partial charge in [0.25, 0.3) is 11.6 Å². The van der Waals surface area contributed by atoms with Crippen LogP contribution in [0, 0.1) is 13.7 Å². The highest BCUT2D eigenvalue weighted by atomic mass is 127. The Hall–Kier alpha value is -1.22. The van der Waals surface area contributed by atoms with Crippen LogP contribution < -0.4 is 5.32 Å². The second kappa shape index (κ2) is 6.49. The second-order valence-corrected chi connectivity index (χ2v) is 5.96. The molecule has 1 aromatic rings. The van der Waals surface area contributed by atoms with E-state index >= 15 is 0 Å². The summed E-state index contributed by atoms with van der Waals surface area (Å²) in [5, 5.41) is 13.9. The lowest BCUT2D eigenvalue weighted by Gasteiger charge is -2.32. The molecule has 108 valence electrons. The largest absolute Gasteiger partial charge is 0.337 e. The maximum Gasteiger partial charge on any atom is 0.270 e. The molecule has 0 bridgehead atoms. The van der Waals surface area contributed by atoms with Gasteiger partial charge in [0, 0.05) is 34.8 Å². The molecule has 0 aliphatic carbocycles. The average molecular weight is 389 g/mol. The Bertz CT molecular complexity index is 536. The van der Waals surface area contributed by atoms with Crippen LogP contribution in [0.15, 0.2) is 18.2 Å². The van der Waals surface area contributed by atoms with Crippen LogP contribution in [0.5, 0.6) is 0 Å². The van der Waals surface area contributed by atoms with Gasteiger partial charge in [-0.3, -0.25) is 14.9 Å². The highest BCUT2D eigenvalue weighted by molar-refractivity contribution is 14.1. The summed E-state index contributed by atoms with van der Waals surface area (Å²) < 4.78 is 0.619. The molecule has 0 radical (unpaired) electrons. The first-order chi connectivity index (χ1) is 9.52. The monoisotopic (exact) mass is 389 g/mol. The van der Waals surface area contributed by atoms with Gasteiger partial charge in [0.2, 0.25) is 0 Å². The number of piperidine rings is 1. The van der Waals surface area contributed by atoms with Crippen molar-refractivity contribution in [3.05, 3.63) is 37.4 Å². The van der Waals surface area contributed by atoms with E-state index in [9.17, 15) is 14.9 Å². The number of nitro benzene ring substituents is 1. The molecule has 6 nitrogen and oxygen atoms in total. The number of nitrogens with one attached hydrogen (secondary N) is 1. The van der Waals surface area contributed by atoms with Gasteiger partial charge >= 0.3 is 0 Å². The van der Waals surface area contributed by atoms with Gasteiger partial charge in [0.1, 0.15) is 0 Å². The van der Waals surface area contributed by atoms with Gasteiger partial charge in [-0.15, -0.1) is 0 Å². The number of likely N-dealkylation sites (N-methyl/N-ethyl adjacent to an activating group) is 1. The van der Waals surface area contributed by atoms with Crippen LogP contribution >= 0.6 is 22.6 Å². The van der Waals surface area contributed by atoms with Crippen molar-refractivity contribution in [1.29, 1.82) is 0 Å². The van der Waals surface area contributed by atoms with Gasteiger partial charge in [0.15, 0.2) is 0 Å².